The summed E-state index contributed by atoms with van der Waals surface area (Å²) in [4.78, 5) is 19.6. The van der Waals surface area contributed by atoms with Crippen molar-refractivity contribution in [2.45, 2.75) is 31.2 Å². The van der Waals surface area contributed by atoms with Crippen LogP contribution in [-0.4, -0.2) is 38.6 Å². The zero-order valence-corrected chi connectivity index (χ0v) is 12.2. The predicted molar refractivity (Wildman–Crippen MR) is 70.1 cm³/mol. The van der Waals surface area contributed by atoms with Gasteiger partial charge in [0.25, 0.3) is 0 Å². The second-order valence-corrected chi connectivity index (χ2v) is 6.82. The highest BCUT2D eigenvalue weighted by Gasteiger charge is 2.34. The Morgan fingerprint density at radius 3 is 2.53 bits per heavy atom. The molecule has 0 atom stereocenters. The first-order valence-corrected chi connectivity index (χ1v) is 6.63. The number of rotatable bonds is 2. The van der Waals surface area contributed by atoms with Gasteiger partial charge < -0.3 is 0 Å². The van der Waals surface area contributed by atoms with Crippen molar-refractivity contribution in [3.8, 4) is 0 Å². The maximum absolute atomic E-state index is 12.0. The van der Waals surface area contributed by atoms with Gasteiger partial charge in [0.2, 0.25) is 0 Å². The first-order chi connectivity index (χ1) is 8.50. The van der Waals surface area contributed by atoms with Crippen LogP contribution in [0.2, 0.25) is 0 Å². The largest absolute Gasteiger partial charge is 0.461 e. The van der Waals surface area contributed by atoms with E-state index in [1.165, 1.54) is 11.8 Å². The molecule has 0 spiro atoms. The number of hydrogen-bond acceptors (Lipinski definition) is 6. The molecule has 1 amide bonds. The lowest BCUT2D eigenvalue weighted by molar-refractivity contribution is -0.0358. The Hall–Kier alpha value is -0.900. The number of alkyl halides is 3. The number of halogens is 3. The Bertz CT molecular complexity index is 435. The molecule has 19 heavy (non-hydrogen) atoms. The highest BCUT2D eigenvalue weighted by molar-refractivity contribution is 8.17. The van der Waals surface area contributed by atoms with Crippen molar-refractivity contribution in [1.29, 1.82) is 0 Å². The highest BCUT2D eigenvalue weighted by Crippen LogP contribution is 2.34. The molecule has 0 bridgehead atoms. The van der Waals surface area contributed by atoms with Crippen LogP contribution in [0.4, 0.5) is 18.0 Å². The zero-order valence-electron chi connectivity index (χ0n) is 10.6. The number of amides is 1. The van der Waals surface area contributed by atoms with E-state index in [-0.39, 0.29) is 0 Å². The van der Waals surface area contributed by atoms with Crippen LogP contribution in [-0.2, 0) is 4.84 Å². The van der Waals surface area contributed by atoms with Crippen LogP contribution in [0.1, 0.15) is 20.8 Å². The molecule has 0 saturated heterocycles. The van der Waals surface area contributed by atoms with Crippen molar-refractivity contribution >= 4 is 40.6 Å². The maximum atomic E-state index is 12.0. The average molecular weight is 315 g/mol. The SMILES string of the molecule is CC1=NC(C)(C)SC1=NOC(=O)N(C)SC(F)(F)F. The minimum atomic E-state index is -4.55. The van der Waals surface area contributed by atoms with Crippen LogP contribution in [0.5, 0.6) is 0 Å². The second-order valence-electron chi connectivity index (χ2n) is 4.03. The van der Waals surface area contributed by atoms with Gasteiger partial charge in [0.05, 0.1) is 17.7 Å². The Kier molecular flexibility index (Phi) is 4.77. The molecule has 1 aliphatic rings. The Morgan fingerprint density at radius 2 is 2.11 bits per heavy atom. The van der Waals surface area contributed by atoms with E-state index in [9.17, 15) is 18.0 Å². The van der Waals surface area contributed by atoms with Crippen molar-refractivity contribution in [3.05, 3.63) is 0 Å². The minimum absolute atomic E-state index is 0.321. The van der Waals surface area contributed by atoms with E-state index >= 15 is 0 Å². The zero-order chi connectivity index (χ0) is 14.8. The van der Waals surface area contributed by atoms with Gasteiger partial charge in [0, 0.05) is 7.05 Å². The fraction of sp³-hybridized carbons (Fsp3) is 0.667. The van der Waals surface area contributed by atoms with Crippen molar-refractivity contribution < 1.29 is 22.8 Å². The highest BCUT2D eigenvalue weighted by atomic mass is 32.2. The first-order valence-electron chi connectivity index (χ1n) is 5.04. The summed E-state index contributed by atoms with van der Waals surface area (Å²) < 4.78 is 36.4. The molecule has 0 aliphatic carbocycles. The molecule has 0 saturated carbocycles. The molecule has 10 heteroatoms. The van der Waals surface area contributed by atoms with E-state index in [0.717, 1.165) is 7.05 Å². The van der Waals surface area contributed by atoms with E-state index in [4.69, 9.17) is 0 Å². The molecule has 1 aliphatic heterocycles. The molecule has 0 N–H and O–H groups in total. The Balaban J connectivity index is 2.58. The number of nitrogens with zero attached hydrogens (tertiary/aromatic N) is 3. The molecular weight excluding hydrogens is 303 g/mol. The summed E-state index contributed by atoms with van der Waals surface area (Å²) in [6.45, 7) is 5.37. The number of thioether (sulfide) groups is 1. The summed E-state index contributed by atoms with van der Waals surface area (Å²) in [6.07, 6.45) is -1.20. The number of hydrogen-bond donors (Lipinski definition) is 0. The van der Waals surface area contributed by atoms with Gasteiger partial charge in [0.15, 0.2) is 5.04 Å². The second kappa shape index (κ2) is 5.61. The van der Waals surface area contributed by atoms with Crippen molar-refractivity contribution in [3.63, 3.8) is 0 Å². The van der Waals surface area contributed by atoms with Gasteiger partial charge in [-0.05, 0) is 20.8 Å². The lowest BCUT2D eigenvalue weighted by Crippen LogP contribution is -2.24. The van der Waals surface area contributed by atoms with E-state index in [0.29, 0.717) is 15.1 Å². The molecule has 0 unspecified atom stereocenters. The lowest BCUT2D eigenvalue weighted by Gasteiger charge is -2.14. The van der Waals surface area contributed by atoms with Gasteiger partial charge in [-0.3, -0.25) is 9.83 Å². The topological polar surface area (TPSA) is 54.3 Å². The summed E-state index contributed by atoms with van der Waals surface area (Å²) >= 11 is 0.665. The van der Waals surface area contributed by atoms with Crippen LogP contribution < -0.4 is 0 Å². The smallest absolute Gasteiger partial charge is 0.296 e. The van der Waals surface area contributed by atoms with Gasteiger partial charge in [-0.25, -0.2) is 9.10 Å². The van der Waals surface area contributed by atoms with Crippen LogP contribution in [0, 0.1) is 0 Å². The third-order valence-electron chi connectivity index (χ3n) is 1.80. The molecule has 5 nitrogen and oxygen atoms in total. The monoisotopic (exact) mass is 315 g/mol. The molecule has 108 valence electrons. The van der Waals surface area contributed by atoms with E-state index in [2.05, 4.69) is 15.0 Å². The summed E-state index contributed by atoms with van der Waals surface area (Å²) in [5.41, 5.74) is -3.98. The van der Waals surface area contributed by atoms with Gasteiger partial charge >= 0.3 is 11.6 Å². The molecule has 0 aromatic carbocycles. The summed E-state index contributed by atoms with van der Waals surface area (Å²) in [5, 5.41) is 3.91. The first kappa shape index (κ1) is 16.2. The molecule has 0 radical (unpaired) electrons. The van der Waals surface area contributed by atoms with Crippen LogP contribution in [0.25, 0.3) is 0 Å². The van der Waals surface area contributed by atoms with Crippen LogP contribution in [0.3, 0.4) is 0 Å². The van der Waals surface area contributed by atoms with Gasteiger partial charge in [0.1, 0.15) is 4.87 Å². The van der Waals surface area contributed by atoms with Crippen molar-refractivity contribution in [1.82, 2.24) is 4.31 Å². The summed E-state index contributed by atoms with van der Waals surface area (Å²) in [6, 6.07) is 0. The van der Waals surface area contributed by atoms with E-state index in [1.54, 1.807) is 6.92 Å². The quantitative estimate of drug-likeness (QED) is 0.445. The maximum Gasteiger partial charge on any atom is 0.461 e. The number of oxime groups is 1. The molecule has 1 rings (SSSR count). The van der Waals surface area contributed by atoms with Crippen molar-refractivity contribution in [2.75, 3.05) is 7.05 Å². The number of carbonyl (C=O) groups is 1. The van der Waals surface area contributed by atoms with Crippen LogP contribution in [0.15, 0.2) is 10.1 Å². The predicted octanol–water partition coefficient (Wildman–Crippen LogP) is 3.48. The lowest BCUT2D eigenvalue weighted by atomic mass is 10.4. The molecule has 0 aromatic rings. The summed E-state index contributed by atoms with van der Waals surface area (Å²) in [5.74, 6) is 0. The molecule has 1 heterocycles. The standard InChI is InChI=1S/C9H12F3N3O2S2/c1-5-6(18-8(2,3)13-5)14-17-7(16)15(4)19-9(10,11)12/h1-4H3. The number of aliphatic imine (C=N–C) groups is 1. The van der Waals surface area contributed by atoms with Crippen molar-refractivity contribution in [2.24, 2.45) is 10.1 Å². The third-order valence-corrected chi connectivity index (χ3v) is 3.58. The van der Waals surface area contributed by atoms with E-state index < -0.39 is 28.4 Å². The fourth-order valence-corrected chi connectivity index (χ4v) is 2.54. The van der Waals surface area contributed by atoms with Crippen LogP contribution >= 0.6 is 23.7 Å². The Morgan fingerprint density at radius 1 is 1.53 bits per heavy atom. The van der Waals surface area contributed by atoms with Gasteiger partial charge in [-0.15, -0.1) is 0 Å². The molecular formula is C9H12F3N3O2S2. The normalized spacial score (nSPS) is 20.4. The molecule has 0 aromatic heterocycles. The average Bonchev–Trinajstić information content (AvgIpc) is 2.45. The third kappa shape index (κ3) is 5.31. The van der Waals surface area contributed by atoms with E-state index in [1.807, 2.05) is 13.8 Å². The fourth-order valence-electron chi connectivity index (χ4n) is 1.20. The Labute approximate surface area is 116 Å². The number of carbonyl (C=O) groups excluding carboxylic acids is 1. The molecule has 0 fully saturated rings. The van der Waals surface area contributed by atoms with Gasteiger partial charge in [-0.2, -0.15) is 13.2 Å². The summed E-state index contributed by atoms with van der Waals surface area (Å²) in [7, 11) is 0.952. The van der Waals surface area contributed by atoms with Gasteiger partial charge in [-0.1, -0.05) is 16.9 Å². The minimum Gasteiger partial charge on any atom is -0.296 e.